The monoisotopic (exact) mass is 390 g/mol. The second kappa shape index (κ2) is 12.3. The van der Waals surface area contributed by atoms with Gasteiger partial charge < -0.3 is 4.74 Å². The van der Waals surface area contributed by atoms with Gasteiger partial charge in [-0.05, 0) is 75.0 Å². The van der Waals surface area contributed by atoms with Gasteiger partial charge in [0.05, 0.1) is 12.3 Å². The Balaban J connectivity index is 2.43. The normalized spacial score (nSPS) is 22.2. The van der Waals surface area contributed by atoms with E-state index in [2.05, 4.69) is 53.4 Å². The molecule has 6 atom stereocenters. The van der Waals surface area contributed by atoms with E-state index in [0.717, 1.165) is 24.2 Å². The molecule has 0 saturated carbocycles. The van der Waals surface area contributed by atoms with Gasteiger partial charge in [-0.3, -0.25) is 9.59 Å². The van der Waals surface area contributed by atoms with E-state index < -0.39 is 0 Å². The summed E-state index contributed by atoms with van der Waals surface area (Å²) in [7, 11) is 0. The fraction of sp³-hybridized carbons (Fsp3) is 0.840. The molecule has 0 aromatic rings. The van der Waals surface area contributed by atoms with Crippen LogP contribution < -0.4 is 0 Å². The molecule has 28 heavy (non-hydrogen) atoms. The summed E-state index contributed by atoms with van der Waals surface area (Å²) in [4.78, 5) is 23.1. The predicted molar refractivity (Wildman–Crippen MR) is 115 cm³/mol. The molecule has 0 spiro atoms. The van der Waals surface area contributed by atoms with E-state index in [4.69, 9.17) is 4.74 Å². The van der Waals surface area contributed by atoms with Gasteiger partial charge in [-0.1, -0.05) is 41.5 Å². The van der Waals surface area contributed by atoms with E-state index in [0.29, 0.717) is 18.3 Å². The van der Waals surface area contributed by atoms with Crippen LogP contribution in [0.2, 0.25) is 0 Å². The third kappa shape index (κ3) is 9.76. The van der Waals surface area contributed by atoms with Crippen LogP contribution in [0.3, 0.4) is 0 Å². The zero-order valence-corrected chi connectivity index (χ0v) is 19.2. The Hall–Kier alpha value is -1.30. The third-order valence-corrected chi connectivity index (χ3v) is 5.85. The highest BCUT2D eigenvalue weighted by Gasteiger charge is 2.35. The van der Waals surface area contributed by atoms with Crippen molar-refractivity contribution in [2.24, 2.45) is 41.4 Å². The molecule has 1 aliphatic rings. The smallest absolute Gasteiger partial charge is 0.317 e. The topological polar surface area (TPSA) is 43.4 Å². The summed E-state index contributed by atoms with van der Waals surface area (Å²) in [6.45, 7) is 15.9. The second-order valence-corrected chi connectivity index (χ2v) is 10.0. The maximum atomic E-state index is 11.8. The molecule has 1 fully saturated rings. The SMILES string of the molecule is CC#C[C@H](CC(C)CC(C)CC(C)CC(C)CC(C)C)CC1CC(=O)OC1=O. The number of carbonyl (C=O) groups excluding carboxylic acids is 2. The van der Waals surface area contributed by atoms with Crippen LogP contribution in [0.15, 0.2) is 0 Å². The van der Waals surface area contributed by atoms with Crippen LogP contribution in [0.1, 0.15) is 93.4 Å². The molecule has 0 aromatic carbocycles. The van der Waals surface area contributed by atoms with Gasteiger partial charge in [-0.15, -0.1) is 11.8 Å². The Morgan fingerprint density at radius 1 is 0.857 bits per heavy atom. The van der Waals surface area contributed by atoms with Gasteiger partial charge in [-0.25, -0.2) is 0 Å². The average molecular weight is 391 g/mol. The zero-order chi connectivity index (χ0) is 21.3. The Morgan fingerprint density at radius 3 is 1.79 bits per heavy atom. The number of hydrogen-bond acceptors (Lipinski definition) is 3. The maximum Gasteiger partial charge on any atom is 0.317 e. The summed E-state index contributed by atoms with van der Waals surface area (Å²) in [6, 6.07) is 0. The van der Waals surface area contributed by atoms with E-state index >= 15 is 0 Å². The molecule has 1 rings (SSSR count). The number of ether oxygens (including phenoxy) is 1. The van der Waals surface area contributed by atoms with Crippen molar-refractivity contribution in [2.45, 2.75) is 93.4 Å². The van der Waals surface area contributed by atoms with E-state index in [-0.39, 0.29) is 30.2 Å². The first-order valence-electron chi connectivity index (χ1n) is 11.3. The van der Waals surface area contributed by atoms with Crippen molar-refractivity contribution in [1.29, 1.82) is 0 Å². The summed E-state index contributed by atoms with van der Waals surface area (Å²) in [6.07, 6.45) is 6.96. The van der Waals surface area contributed by atoms with Gasteiger partial charge in [-0.2, -0.15) is 0 Å². The first-order chi connectivity index (χ1) is 13.1. The van der Waals surface area contributed by atoms with Crippen molar-refractivity contribution >= 4 is 11.9 Å². The average Bonchev–Trinajstić information content (AvgIpc) is 2.83. The minimum atomic E-state index is -0.388. The largest absolute Gasteiger partial charge is 0.393 e. The van der Waals surface area contributed by atoms with Gasteiger partial charge in [0.15, 0.2) is 0 Å². The highest BCUT2D eigenvalue weighted by atomic mass is 16.6. The van der Waals surface area contributed by atoms with Crippen LogP contribution in [0, 0.1) is 53.3 Å². The van der Waals surface area contributed by atoms with E-state index in [1.54, 1.807) is 0 Å². The van der Waals surface area contributed by atoms with Crippen molar-refractivity contribution in [2.75, 3.05) is 0 Å². The molecule has 0 amide bonds. The summed E-state index contributed by atoms with van der Waals surface area (Å²) in [5, 5.41) is 0. The van der Waals surface area contributed by atoms with Crippen molar-refractivity contribution in [1.82, 2.24) is 0 Å². The molecule has 0 aliphatic carbocycles. The van der Waals surface area contributed by atoms with Crippen LogP contribution >= 0.6 is 0 Å². The Bertz CT molecular complexity index is 554. The lowest BCUT2D eigenvalue weighted by Crippen LogP contribution is -2.16. The molecule has 0 N–H and O–H groups in total. The number of esters is 2. The summed E-state index contributed by atoms with van der Waals surface area (Å²) in [5.74, 6) is 9.00. The van der Waals surface area contributed by atoms with Crippen LogP contribution in [0.4, 0.5) is 0 Å². The molecule has 0 radical (unpaired) electrons. The fourth-order valence-corrected chi connectivity index (χ4v) is 5.20. The summed E-state index contributed by atoms with van der Waals surface area (Å²) < 4.78 is 4.70. The lowest BCUT2D eigenvalue weighted by molar-refractivity contribution is -0.153. The highest BCUT2D eigenvalue weighted by molar-refractivity contribution is 5.94. The summed E-state index contributed by atoms with van der Waals surface area (Å²) in [5.41, 5.74) is 0. The Kier molecular flexibility index (Phi) is 10.9. The van der Waals surface area contributed by atoms with Crippen molar-refractivity contribution in [3.8, 4) is 11.8 Å². The minimum absolute atomic E-state index is 0.166. The molecular formula is C25H42O3. The Morgan fingerprint density at radius 2 is 1.36 bits per heavy atom. The molecule has 1 aliphatic heterocycles. The van der Waals surface area contributed by atoms with Gasteiger partial charge in [0.2, 0.25) is 0 Å². The van der Waals surface area contributed by atoms with Gasteiger partial charge in [0, 0.05) is 5.92 Å². The van der Waals surface area contributed by atoms with Gasteiger partial charge in [0.1, 0.15) is 0 Å². The standard InChI is InChI=1S/C25H42O3/c1-8-9-22(15-23-16-24(26)28-25(23)27)14-21(7)13-20(6)12-19(5)11-18(4)10-17(2)3/h17-23H,10-16H2,1-7H3/t18?,19?,20?,21?,22-,23?/m1/s1. The van der Waals surface area contributed by atoms with Crippen molar-refractivity contribution in [3.63, 3.8) is 0 Å². The molecule has 0 aromatic heterocycles. The molecule has 160 valence electrons. The number of cyclic esters (lactones) is 2. The lowest BCUT2D eigenvalue weighted by atomic mass is 9.80. The van der Waals surface area contributed by atoms with E-state index in [1.165, 1.54) is 25.7 Å². The second-order valence-electron chi connectivity index (χ2n) is 10.0. The number of hydrogen-bond donors (Lipinski definition) is 0. The van der Waals surface area contributed by atoms with E-state index in [9.17, 15) is 9.59 Å². The molecular weight excluding hydrogens is 348 g/mol. The van der Waals surface area contributed by atoms with Crippen LogP contribution in [-0.4, -0.2) is 11.9 Å². The molecule has 0 bridgehead atoms. The van der Waals surface area contributed by atoms with Crippen molar-refractivity contribution in [3.05, 3.63) is 0 Å². The molecule has 1 saturated heterocycles. The number of carbonyl (C=O) groups is 2. The number of rotatable bonds is 12. The van der Waals surface area contributed by atoms with Crippen LogP contribution in [0.25, 0.3) is 0 Å². The third-order valence-electron chi connectivity index (χ3n) is 5.85. The minimum Gasteiger partial charge on any atom is -0.393 e. The summed E-state index contributed by atoms with van der Waals surface area (Å²) >= 11 is 0. The van der Waals surface area contributed by atoms with Crippen LogP contribution in [0.5, 0.6) is 0 Å². The van der Waals surface area contributed by atoms with Gasteiger partial charge in [0.25, 0.3) is 0 Å². The first kappa shape index (κ1) is 24.7. The van der Waals surface area contributed by atoms with Crippen molar-refractivity contribution < 1.29 is 14.3 Å². The predicted octanol–water partition coefficient (Wildman–Crippen LogP) is 6.26. The first-order valence-corrected chi connectivity index (χ1v) is 11.3. The van der Waals surface area contributed by atoms with E-state index in [1.807, 2.05) is 6.92 Å². The molecule has 3 heteroatoms. The molecule has 3 nitrogen and oxygen atoms in total. The van der Waals surface area contributed by atoms with Crippen LogP contribution in [-0.2, 0) is 14.3 Å². The zero-order valence-electron chi connectivity index (χ0n) is 19.2. The Labute approximate surface area is 173 Å². The van der Waals surface area contributed by atoms with Gasteiger partial charge >= 0.3 is 11.9 Å². The highest BCUT2D eigenvalue weighted by Crippen LogP contribution is 2.31. The molecule has 1 heterocycles. The maximum absolute atomic E-state index is 11.8. The molecule has 5 unspecified atom stereocenters. The quantitative estimate of drug-likeness (QED) is 0.224. The lowest BCUT2D eigenvalue weighted by Gasteiger charge is -2.25. The fourth-order valence-electron chi connectivity index (χ4n) is 5.20.